The number of nitrogens with zero attached hydrogens (tertiary/aromatic N) is 3. The number of rotatable bonds is 4. The van der Waals surface area contributed by atoms with Crippen LogP contribution in [0.25, 0.3) is 0 Å². The predicted molar refractivity (Wildman–Crippen MR) is 109 cm³/mol. The van der Waals surface area contributed by atoms with Gasteiger partial charge in [-0.05, 0) is 30.3 Å². The van der Waals surface area contributed by atoms with Gasteiger partial charge in [0.25, 0.3) is 5.91 Å². The molecule has 4 rings (SSSR count). The van der Waals surface area contributed by atoms with Gasteiger partial charge in [-0.3, -0.25) is 14.5 Å². The number of piperazine rings is 1. The third kappa shape index (κ3) is 4.23. The zero-order valence-corrected chi connectivity index (χ0v) is 16.9. The summed E-state index contributed by atoms with van der Waals surface area (Å²) in [4.78, 5) is 30.6. The van der Waals surface area contributed by atoms with E-state index < -0.39 is 17.8 Å². The average molecular weight is 433 g/mol. The molecule has 1 atom stereocenters. The highest BCUT2D eigenvalue weighted by molar-refractivity contribution is 6.22. The minimum Gasteiger partial charge on any atom is -0.497 e. The molecule has 164 valence electrons. The Morgan fingerprint density at radius 1 is 0.935 bits per heavy atom. The van der Waals surface area contributed by atoms with Gasteiger partial charge in [0.1, 0.15) is 5.75 Å². The summed E-state index contributed by atoms with van der Waals surface area (Å²) in [5, 5.41) is 0. The highest BCUT2D eigenvalue weighted by Gasteiger charge is 2.43. The molecule has 0 unspecified atom stereocenters. The molecule has 6 nitrogen and oxygen atoms in total. The Balaban J connectivity index is 1.43. The van der Waals surface area contributed by atoms with E-state index in [0.717, 1.165) is 12.1 Å². The van der Waals surface area contributed by atoms with Crippen molar-refractivity contribution in [3.05, 3.63) is 54.1 Å². The molecule has 0 saturated carbocycles. The van der Waals surface area contributed by atoms with E-state index in [1.54, 1.807) is 30.3 Å². The molecule has 9 heteroatoms. The molecule has 0 aromatic heterocycles. The van der Waals surface area contributed by atoms with Crippen LogP contribution in [0.4, 0.5) is 24.5 Å². The summed E-state index contributed by atoms with van der Waals surface area (Å²) in [6, 6.07) is 11.5. The van der Waals surface area contributed by atoms with Crippen LogP contribution in [0.5, 0.6) is 5.75 Å². The number of carbonyl (C=O) groups is 2. The number of ether oxygens (including phenoxy) is 1. The van der Waals surface area contributed by atoms with Gasteiger partial charge < -0.3 is 9.64 Å². The molecule has 0 N–H and O–H groups in total. The summed E-state index contributed by atoms with van der Waals surface area (Å²) in [5.41, 5.74) is 0.290. The van der Waals surface area contributed by atoms with Crippen LogP contribution in [0.15, 0.2) is 48.5 Å². The van der Waals surface area contributed by atoms with Gasteiger partial charge in [-0.2, -0.15) is 13.2 Å². The summed E-state index contributed by atoms with van der Waals surface area (Å²) in [6.45, 7) is 1.90. The lowest BCUT2D eigenvalue weighted by Crippen LogP contribution is -2.52. The van der Waals surface area contributed by atoms with Gasteiger partial charge >= 0.3 is 6.18 Å². The third-order valence-corrected chi connectivity index (χ3v) is 5.73. The van der Waals surface area contributed by atoms with E-state index in [2.05, 4.69) is 0 Å². The first-order valence-electron chi connectivity index (χ1n) is 9.95. The summed E-state index contributed by atoms with van der Waals surface area (Å²) in [7, 11) is 1.51. The second kappa shape index (κ2) is 8.22. The maximum absolute atomic E-state index is 13.0. The lowest BCUT2D eigenvalue weighted by molar-refractivity contribution is -0.137. The maximum Gasteiger partial charge on any atom is 0.416 e. The van der Waals surface area contributed by atoms with Crippen LogP contribution in [0.1, 0.15) is 12.0 Å². The average Bonchev–Trinajstić information content (AvgIpc) is 3.07. The molecule has 2 aliphatic rings. The zero-order chi connectivity index (χ0) is 22.2. The van der Waals surface area contributed by atoms with E-state index in [-0.39, 0.29) is 18.2 Å². The van der Waals surface area contributed by atoms with E-state index in [0.29, 0.717) is 43.3 Å². The van der Waals surface area contributed by atoms with Gasteiger partial charge in [0.2, 0.25) is 5.91 Å². The van der Waals surface area contributed by atoms with Crippen molar-refractivity contribution in [2.24, 2.45) is 0 Å². The van der Waals surface area contributed by atoms with Crippen molar-refractivity contribution in [3.8, 4) is 5.75 Å². The fourth-order valence-corrected chi connectivity index (χ4v) is 4.09. The smallest absolute Gasteiger partial charge is 0.416 e. The molecule has 2 saturated heterocycles. The highest BCUT2D eigenvalue weighted by atomic mass is 19.4. The standard InChI is InChI=1S/C22H22F3N3O3/c1-31-18-7-3-6-17(13-18)28-20(29)14-19(21(28)30)27-10-8-26(9-11-27)16-5-2-4-15(12-16)22(23,24)25/h2-7,12-13,19H,8-11,14H2,1H3/t19-/m0/s1. The van der Waals surface area contributed by atoms with Crippen LogP contribution in [0.2, 0.25) is 0 Å². The van der Waals surface area contributed by atoms with Crippen LogP contribution in [-0.4, -0.2) is 56.0 Å². The summed E-state index contributed by atoms with van der Waals surface area (Å²) >= 11 is 0. The number of alkyl halides is 3. The number of benzene rings is 2. The fraction of sp³-hybridized carbons (Fsp3) is 0.364. The molecule has 2 aromatic rings. The number of halogens is 3. The molecule has 0 aliphatic carbocycles. The first-order chi connectivity index (χ1) is 14.8. The van der Waals surface area contributed by atoms with E-state index >= 15 is 0 Å². The maximum atomic E-state index is 13.0. The largest absolute Gasteiger partial charge is 0.497 e. The Bertz CT molecular complexity index is 987. The molecule has 2 fully saturated rings. The van der Waals surface area contributed by atoms with Gasteiger partial charge in [-0.15, -0.1) is 0 Å². The van der Waals surface area contributed by atoms with Gasteiger partial charge in [0, 0.05) is 37.9 Å². The predicted octanol–water partition coefficient (Wildman–Crippen LogP) is 3.17. The zero-order valence-electron chi connectivity index (χ0n) is 16.9. The fourth-order valence-electron chi connectivity index (χ4n) is 4.09. The van der Waals surface area contributed by atoms with E-state index in [1.807, 2.05) is 9.80 Å². The van der Waals surface area contributed by atoms with Crippen molar-refractivity contribution in [3.63, 3.8) is 0 Å². The van der Waals surface area contributed by atoms with Crippen LogP contribution in [0.3, 0.4) is 0 Å². The van der Waals surface area contributed by atoms with Crippen molar-refractivity contribution in [2.75, 3.05) is 43.1 Å². The van der Waals surface area contributed by atoms with Gasteiger partial charge in [-0.1, -0.05) is 12.1 Å². The van der Waals surface area contributed by atoms with Crippen molar-refractivity contribution >= 4 is 23.2 Å². The summed E-state index contributed by atoms with van der Waals surface area (Å²) < 4.78 is 44.2. The third-order valence-electron chi connectivity index (χ3n) is 5.73. The second-order valence-electron chi connectivity index (χ2n) is 7.56. The van der Waals surface area contributed by atoms with E-state index in [4.69, 9.17) is 4.74 Å². The second-order valence-corrected chi connectivity index (χ2v) is 7.56. The van der Waals surface area contributed by atoms with E-state index in [1.165, 1.54) is 18.1 Å². The molecule has 2 amide bonds. The molecule has 2 aromatic carbocycles. The van der Waals surface area contributed by atoms with E-state index in [9.17, 15) is 22.8 Å². The summed E-state index contributed by atoms with van der Waals surface area (Å²) in [6.07, 6.45) is -4.31. The molecule has 0 spiro atoms. The number of hydrogen-bond donors (Lipinski definition) is 0. The molecule has 2 heterocycles. The van der Waals surface area contributed by atoms with Crippen molar-refractivity contribution < 1.29 is 27.5 Å². The topological polar surface area (TPSA) is 53.1 Å². The van der Waals surface area contributed by atoms with Crippen molar-refractivity contribution in [1.29, 1.82) is 0 Å². The number of methoxy groups -OCH3 is 1. The van der Waals surface area contributed by atoms with Crippen LogP contribution >= 0.6 is 0 Å². The van der Waals surface area contributed by atoms with Gasteiger partial charge in [-0.25, -0.2) is 4.90 Å². The van der Waals surface area contributed by atoms with Crippen LogP contribution in [-0.2, 0) is 15.8 Å². The first-order valence-corrected chi connectivity index (χ1v) is 9.95. The quantitative estimate of drug-likeness (QED) is 0.694. The Morgan fingerprint density at radius 2 is 1.61 bits per heavy atom. The Kier molecular flexibility index (Phi) is 5.62. The summed E-state index contributed by atoms with van der Waals surface area (Å²) in [5.74, 6) is -0.00872. The number of hydrogen-bond acceptors (Lipinski definition) is 5. The number of imide groups is 1. The molecule has 0 bridgehead atoms. The van der Waals surface area contributed by atoms with Gasteiger partial charge in [0.15, 0.2) is 0 Å². The lowest BCUT2D eigenvalue weighted by Gasteiger charge is -2.38. The first kappa shape index (κ1) is 21.2. The normalized spacial score (nSPS) is 20.5. The number of carbonyl (C=O) groups excluding carboxylic acids is 2. The molecular formula is C22H22F3N3O3. The SMILES string of the molecule is COc1cccc(N2C(=O)C[C@H](N3CCN(c4cccc(C(F)(F)F)c4)CC3)C2=O)c1. The lowest BCUT2D eigenvalue weighted by atomic mass is 10.1. The Labute approximate surface area is 177 Å². The van der Waals surface area contributed by atoms with Gasteiger partial charge in [0.05, 0.1) is 30.8 Å². The minimum absolute atomic E-state index is 0.0829. The molecular weight excluding hydrogens is 411 g/mol. The molecule has 0 radical (unpaired) electrons. The minimum atomic E-state index is -4.39. The molecule has 31 heavy (non-hydrogen) atoms. The Hall–Kier alpha value is -3.07. The number of amides is 2. The highest BCUT2D eigenvalue weighted by Crippen LogP contribution is 2.33. The number of anilines is 2. The van der Waals surface area contributed by atoms with Crippen molar-refractivity contribution in [2.45, 2.75) is 18.6 Å². The Morgan fingerprint density at radius 3 is 2.29 bits per heavy atom. The monoisotopic (exact) mass is 433 g/mol. The van der Waals surface area contributed by atoms with Crippen LogP contribution < -0.4 is 14.5 Å². The van der Waals surface area contributed by atoms with Crippen molar-refractivity contribution in [1.82, 2.24) is 4.90 Å². The molecule has 2 aliphatic heterocycles. The van der Waals surface area contributed by atoms with Crippen LogP contribution in [0, 0.1) is 0 Å².